The maximum absolute atomic E-state index is 11.6. The number of hydrogen-bond acceptors (Lipinski definition) is 3. The number of halogens is 1. The first-order valence-corrected chi connectivity index (χ1v) is 5.05. The van der Waals surface area contributed by atoms with E-state index in [4.69, 9.17) is 4.74 Å². The van der Waals surface area contributed by atoms with Crippen molar-refractivity contribution in [3.8, 4) is 0 Å². The SMILES string of the molecule is CC(=O)O[C@@H]1c2cccn2C(=O)[C@H]1Br. The van der Waals surface area contributed by atoms with E-state index < -0.39 is 10.9 Å². The molecule has 2 atom stereocenters. The van der Waals surface area contributed by atoms with Gasteiger partial charge in [-0.1, -0.05) is 15.9 Å². The second kappa shape index (κ2) is 3.24. The average molecular weight is 258 g/mol. The molecule has 0 radical (unpaired) electrons. The van der Waals surface area contributed by atoms with Gasteiger partial charge in [0.1, 0.15) is 4.83 Å². The maximum atomic E-state index is 11.6. The van der Waals surface area contributed by atoms with Gasteiger partial charge in [-0.2, -0.15) is 0 Å². The number of carbonyl (C=O) groups is 2. The van der Waals surface area contributed by atoms with E-state index in [0.29, 0.717) is 5.69 Å². The fourth-order valence-electron chi connectivity index (χ4n) is 1.54. The summed E-state index contributed by atoms with van der Waals surface area (Å²) in [6, 6.07) is 3.52. The molecule has 1 aromatic heterocycles. The Morgan fingerprint density at radius 2 is 2.36 bits per heavy atom. The number of esters is 1. The van der Waals surface area contributed by atoms with E-state index in [1.165, 1.54) is 11.5 Å². The predicted octanol–water partition coefficient (Wildman–Crippen LogP) is 1.51. The van der Waals surface area contributed by atoms with Gasteiger partial charge in [-0.3, -0.25) is 14.2 Å². The molecule has 2 heterocycles. The quantitative estimate of drug-likeness (QED) is 0.566. The molecule has 0 fully saturated rings. The van der Waals surface area contributed by atoms with Crippen molar-refractivity contribution in [3.63, 3.8) is 0 Å². The summed E-state index contributed by atoms with van der Waals surface area (Å²) in [5.74, 6) is -0.488. The molecule has 1 aliphatic heterocycles. The number of rotatable bonds is 1. The maximum Gasteiger partial charge on any atom is 0.303 e. The molecule has 0 unspecified atom stereocenters. The zero-order valence-corrected chi connectivity index (χ0v) is 9.02. The molecule has 0 bridgehead atoms. The van der Waals surface area contributed by atoms with Crippen molar-refractivity contribution in [2.45, 2.75) is 17.9 Å². The lowest BCUT2D eigenvalue weighted by molar-refractivity contribution is -0.146. The largest absolute Gasteiger partial charge is 0.454 e. The number of hydrogen-bond donors (Lipinski definition) is 0. The molecule has 1 aliphatic rings. The lowest BCUT2D eigenvalue weighted by Crippen LogP contribution is -2.18. The Hall–Kier alpha value is -1.10. The molecule has 0 aromatic carbocycles. The van der Waals surface area contributed by atoms with Gasteiger partial charge in [-0.15, -0.1) is 0 Å². The normalized spacial score (nSPS) is 24.9. The van der Waals surface area contributed by atoms with Gasteiger partial charge in [-0.05, 0) is 12.1 Å². The van der Waals surface area contributed by atoms with Crippen LogP contribution in [0.1, 0.15) is 23.5 Å². The monoisotopic (exact) mass is 257 g/mol. The van der Waals surface area contributed by atoms with Gasteiger partial charge in [0.05, 0.1) is 5.69 Å². The zero-order valence-electron chi connectivity index (χ0n) is 7.44. The fraction of sp³-hybridized carbons (Fsp3) is 0.333. The summed E-state index contributed by atoms with van der Waals surface area (Å²) in [5, 5.41) is 0. The molecule has 2 rings (SSSR count). The molecule has 0 N–H and O–H groups in total. The van der Waals surface area contributed by atoms with Gasteiger partial charge in [0.2, 0.25) is 5.91 Å². The van der Waals surface area contributed by atoms with Crippen molar-refractivity contribution in [2.75, 3.05) is 0 Å². The van der Waals surface area contributed by atoms with Crippen LogP contribution in [0.5, 0.6) is 0 Å². The molecule has 74 valence electrons. The molecule has 5 heteroatoms. The smallest absolute Gasteiger partial charge is 0.303 e. The number of fused-ring (bicyclic) bond motifs is 1. The van der Waals surface area contributed by atoms with Gasteiger partial charge in [-0.25, -0.2) is 0 Å². The lowest BCUT2D eigenvalue weighted by atomic mass is 10.2. The Labute approximate surface area is 89.0 Å². The highest BCUT2D eigenvalue weighted by atomic mass is 79.9. The highest BCUT2D eigenvalue weighted by Crippen LogP contribution is 2.34. The third-order valence-electron chi connectivity index (χ3n) is 2.10. The summed E-state index contributed by atoms with van der Waals surface area (Å²) in [6.07, 6.45) is 1.16. The van der Waals surface area contributed by atoms with Crippen molar-refractivity contribution >= 4 is 27.8 Å². The van der Waals surface area contributed by atoms with Crippen molar-refractivity contribution in [1.29, 1.82) is 0 Å². The van der Waals surface area contributed by atoms with Crippen LogP contribution >= 0.6 is 15.9 Å². The van der Waals surface area contributed by atoms with E-state index >= 15 is 0 Å². The van der Waals surface area contributed by atoms with E-state index in [-0.39, 0.29) is 11.9 Å². The van der Waals surface area contributed by atoms with Crippen LogP contribution in [0.2, 0.25) is 0 Å². The van der Waals surface area contributed by atoms with E-state index in [0.717, 1.165) is 0 Å². The highest BCUT2D eigenvalue weighted by Gasteiger charge is 2.40. The Balaban J connectivity index is 2.36. The van der Waals surface area contributed by atoms with Gasteiger partial charge in [0.25, 0.3) is 0 Å². The highest BCUT2D eigenvalue weighted by molar-refractivity contribution is 9.10. The molecular formula is C9H8BrNO3. The standard InChI is InChI=1S/C9H8BrNO3/c1-5(12)14-8-6-3-2-4-11(6)9(13)7(8)10/h2-4,7-8H,1H3/t7-,8+/m0/s1. The number of aromatic nitrogens is 1. The number of alkyl halides is 1. The number of carbonyl (C=O) groups excluding carboxylic acids is 2. The average Bonchev–Trinajstić information content (AvgIpc) is 2.65. The molecule has 4 nitrogen and oxygen atoms in total. The van der Waals surface area contributed by atoms with Crippen LogP contribution in [-0.4, -0.2) is 21.3 Å². The zero-order chi connectivity index (χ0) is 10.3. The van der Waals surface area contributed by atoms with Gasteiger partial charge in [0.15, 0.2) is 6.10 Å². The molecule has 0 saturated heterocycles. The van der Waals surface area contributed by atoms with E-state index in [2.05, 4.69) is 15.9 Å². The second-order valence-corrected chi connectivity index (χ2v) is 4.06. The first-order valence-electron chi connectivity index (χ1n) is 4.14. The van der Waals surface area contributed by atoms with Crippen LogP contribution in [0.25, 0.3) is 0 Å². The lowest BCUT2D eigenvalue weighted by Gasteiger charge is -2.11. The van der Waals surface area contributed by atoms with Crippen molar-refractivity contribution < 1.29 is 14.3 Å². The van der Waals surface area contributed by atoms with Crippen LogP contribution < -0.4 is 0 Å². The topological polar surface area (TPSA) is 48.3 Å². The Morgan fingerprint density at radius 3 is 3.00 bits per heavy atom. The van der Waals surface area contributed by atoms with Crippen LogP contribution in [0, 0.1) is 0 Å². The summed E-state index contributed by atoms with van der Waals surface area (Å²) in [4.78, 5) is 21.9. The molecule has 0 aliphatic carbocycles. The summed E-state index contributed by atoms with van der Waals surface area (Å²) in [7, 11) is 0. The van der Waals surface area contributed by atoms with Crippen molar-refractivity contribution in [3.05, 3.63) is 24.0 Å². The van der Waals surface area contributed by atoms with Crippen LogP contribution in [-0.2, 0) is 9.53 Å². The minimum absolute atomic E-state index is 0.101. The Bertz CT molecular complexity index is 399. The predicted molar refractivity (Wildman–Crippen MR) is 52.3 cm³/mol. The van der Waals surface area contributed by atoms with Gasteiger partial charge in [0, 0.05) is 13.1 Å². The van der Waals surface area contributed by atoms with Gasteiger partial charge >= 0.3 is 5.97 Å². The first-order chi connectivity index (χ1) is 6.61. The minimum atomic E-state index is -0.505. The van der Waals surface area contributed by atoms with E-state index in [1.54, 1.807) is 18.3 Å². The Kier molecular flexibility index (Phi) is 2.19. The summed E-state index contributed by atoms with van der Waals surface area (Å²) < 4.78 is 6.54. The summed E-state index contributed by atoms with van der Waals surface area (Å²) in [5.41, 5.74) is 0.715. The molecular weight excluding hydrogens is 250 g/mol. The first kappa shape index (κ1) is 9.45. The van der Waals surface area contributed by atoms with Crippen LogP contribution in [0.3, 0.4) is 0 Å². The molecule has 0 saturated carbocycles. The fourth-order valence-corrected chi connectivity index (χ4v) is 2.14. The van der Waals surface area contributed by atoms with Crippen molar-refractivity contribution in [2.24, 2.45) is 0 Å². The second-order valence-electron chi connectivity index (χ2n) is 3.07. The van der Waals surface area contributed by atoms with Crippen molar-refractivity contribution in [1.82, 2.24) is 4.57 Å². The number of nitrogens with zero attached hydrogens (tertiary/aromatic N) is 1. The van der Waals surface area contributed by atoms with Crippen LogP contribution in [0.4, 0.5) is 0 Å². The van der Waals surface area contributed by atoms with E-state index in [1.807, 2.05) is 0 Å². The van der Waals surface area contributed by atoms with Gasteiger partial charge < -0.3 is 4.74 Å². The summed E-state index contributed by atoms with van der Waals surface area (Å²) in [6.45, 7) is 1.33. The minimum Gasteiger partial charge on any atom is -0.454 e. The third-order valence-corrected chi connectivity index (χ3v) is 2.98. The molecule has 0 amide bonds. The summed E-state index contributed by atoms with van der Waals surface area (Å²) >= 11 is 3.21. The van der Waals surface area contributed by atoms with E-state index in [9.17, 15) is 9.59 Å². The Morgan fingerprint density at radius 1 is 1.64 bits per heavy atom. The molecule has 14 heavy (non-hydrogen) atoms. The molecule has 0 spiro atoms. The number of ether oxygens (including phenoxy) is 1. The third kappa shape index (κ3) is 1.28. The molecule has 1 aromatic rings. The van der Waals surface area contributed by atoms with Crippen LogP contribution in [0.15, 0.2) is 18.3 Å².